The molecule has 13 heteroatoms. The number of rotatable bonds is 8. The molecule has 1 aliphatic rings. The molecule has 1 N–H and O–H groups in total. The zero-order chi connectivity index (χ0) is 31.6. The molecule has 5 rings (SSSR count). The Labute approximate surface area is 249 Å². The fourth-order valence-electron chi connectivity index (χ4n) is 5.05. The summed E-state index contributed by atoms with van der Waals surface area (Å²) in [5.41, 5.74) is -1.63. The lowest BCUT2D eigenvalue weighted by Crippen LogP contribution is -2.41. The maximum absolute atomic E-state index is 15.0. The van der Waals surface area contributed by atoms with Gasteiger partial charge < -0.3 is 24.4 Å². The monoisotopic (exact) mass is 614 g/mol. The third kappa shape index (κ3) is 6.08. The molecule has 1 saturated heterocycles. The normalized spacial score (nSPS) is 13.9. The second kappa shape index (κ2) is 12.3. The maximum Gasteiger partial charge on any atom is 0.422 e. The highest BCUT2D eigenvalue weighted by molar-refractivity contribution is 5.94. The average molecular weight is 615 g/mol. The quantitative estimate of drug-likeness (QED) is 0.171. The van der Waals surface area contributed by atoms with E-state index < -0.39 is 28.9 Å². The minimum absolute atomic E-state index is 0.0432. The van der Waals surface area contributed by atoms with E-state index in [0.717, 1.165) is 6.07 Å². The molecule has 8 nitrogen and oxygen atoms in total. The minimum Gasteiger partial charge on any atom is -0.495 e. The first-order chi connectivity index (χ1) is 21.0. The predicted octanol–water partition coefficient (Wildman–Crippen LogP) is 6.91. The number of anilines is 2. The number of hydrogen-bond donors (Lipinski definition) is 1. The maximum atomic E-state index is 15.0. The molecular weight excluding hydrogens is 587 g/mol. The Kier molecular flexibility index (Phi) is 8.56. The van der Waals surface area contributed by atoms with Crippen LogP contribution in [0.5, 0.6) is 17.2 Å². The van der Waals surface area contributed by atoms with Crippen LogP contribution in [-0.2, 0) is 11.0 Å². The Morgan fingerprint density at radius 3 is 2.39 bits per heavy atom. The van der Waals surface area contributed by atoms with Crippen molar-refractivity contribution >= 4 is 28.3 Å². The van der Waals surface area contributed by atoms with Gasteiger partial charge in [-0.15, -0.1) is 0 Å². The van der Waals surface area contributed by atoms with Crippen molar-refractivity contribution < 1.29 is 41.0 Å². The van der Waals surface area contributed by atoms with Crippen molar-refractivity contribution in [3.8, 4) is 28.4 Å². The van der Waals surface area contributed by atoms with Crippen LogP contribution in [0.4, 0.5) is 33.5 Å². The van der Waals surface area contributed by atoms with Crippen molar-refractivity contribution in [2.75, 3.05) is 32.6 Å². The Morgan fingerprint density at radius 1 is 1.00 bits per heavy atom. The van der Waals surface area contributed by atoms with Gasteiger partial charge in [-0.25, -0.2) is 18.7 Å². The van der Waals surface area contributed by atoms with E-state index in [1.54, 1.807) is 17.0 Å². The number of fused-ring (bicyclic) bond motifs is 1. The van der Waals surface area contributed by atoms with Gasteiger partial charge in [0.05, 0.1) is 25.4 Å². The summed E-state index contributed by atoms with van der Waals surface area (Å²) >= 11 is 0. The van der Waals surface area contributed by atoms with Gasteiger partial charge in [0.1, 0.15) is 41.2 Å². The van der Waals surface area contributed by atoms with Crippen LogP contribution >= 0.6 is 0 Å². The summed E-state index contributed by atoms with van der Waals surface area (Å²) in [6.07, 6.45) is -1.64. The number of carbonyl (C=O) groups excluding carboxylic acids is 1. The highest BCUT2D eigenvalue weighted by atomic mass is 19.4. The van der Waals surface area contributed by atoms with Crippen molar-refractivity contribution in [2.24, 2.45) is 0 Å². The van der Waals surface area contributed by atoms with Crippen molar-refractivity contribution in [1.82, 2.24) is 14.9 Å². The standard InChI is InChI=1S/C31H27F5N4O4/c1-4-27(41)40-11-9-18(10-12-40)44-26-14-20-22(15-25(26)43-3)37-16-38-30(20)39-23-13-17(5-8-24(23)42-2)19-6-7-21(32)28(29(19)33)31(34,35)36/h4-8,13-16,18H,1,9-12H2,2-3H3,(H,37,38,39). The fourth-order valence-corrected chi connectivity index (χ4v) is 5.05. The SMILES string of the molecule is C=CC(=O)N1CCC(Oc2cc3c(Nc4cc(-c5ccc(F)c(C(F)(F)F)c5F)ccc4OC)ncnc3cc2OC)CC1. The number of halogens is 5. The summed E-state index contributed by atoms with van der Waals surface area (Å²) in [4.78, 5) is 22.3. The number of nitrogens with zero attached hydrogens (tertiary/aromatic N) is 3. The van der Waals surface area contributed by atoms with Crippen LogP contribution in [0.2, 0.25) is 0 Å². The molecule has 0 radical (unpaired) electrons. The third-order valence-electron chi connectivity index (χ3n) is 7.28. The van der Waals surface area contributed by atoms with E-state index in [1.807, 2.05) is 0 Å². The smallest absolute Gasteiger partial charge is 0.422 e. The number of alkyl halides is 3. The highest BCUT2D eigenvalue weighted by Gasteiger charge is 2.39. The van der Waals surface area contributed by atoms with Crippen LogP contribution in [0.3, 0.4) is 0 Å². The molecular formula is C31H27F5N4O4. The van der Waals surface area contributed by atoms with Gasteiger partial charge >= 0.3 is 6.18 Å². The molecule has 0 unspecified atom stereocenters. The van der Waals surface area contributed by atoms with Gasteiger partial charge in [0.2, 0.25) is 5.91 Å². The van der Waals surface area contributed by atoms with E-state index in [4.69, 9.17) is 14.2 Å². The molecule has 230 valence electrons. The summed E-state index contributed by atoms with van der Waals surface area (Å²) in [6.45, 7) is 4.55. The van der Waals surface area contributed by atoms with Crippen molar-refractivity contribution in [3.63, 3.8) is 0 Å². The second-order valence-electron chi connectivity index (χ2n) is 9.91. The number of carbonyl (C=O) groups is 1. The van der Waals surface area contributed by atoms with Crippen LogP contribution in [0, 0.1) is 11.6 Å². The lowest BCUT2D eigenvalue weighted by atomic mass is 10.0. The molecule has 1 aliphatic heterocycles. The van der Waals surface area contributed by atoms with Crippen LogP contribution < -0.4 is 19.5 Å². The van der Waals surface area contributed by atoms with E-state index in [9.17, 15) is 26.7 Å². The number of benzene rings is 3. The molecule has 1 fully saturated rings. The van der Waals surface area contributed by atoms with Crippen LogP contribution in [0.25, 0.3) is 22.0 Å². The average Bonchev–Trinajstić information content (AvgIpc) is 3.00. The summed E-state index contributed by atoms with van der Waals surface area (Å²) in [5, 5.41) is 3.62. The second-order valence-corrected chi connectivity index (χ2v) is 9.91. The first-order valence-corrected chi connectivity index (χ1v) is 13.5. The van der Waals surface area contributed by atoms with E-state index >= 15 is 0 Å². The molecule has 44 heavy (non-hydrogen) atoms. The van der Waals surface area contributed by atoms with E-state index in [2.05, 4.69) is 21.9 Å². The number of piperidine rings is 1. The van der Waals surface area contributed by atoms with Gasteiger partial charge in [-0.1, -0.05) is 12.6 Å². The number of amides is 1. The number of methoxy groups -OCH3 is 2. The van der Waals surface area contributed by atoms with Crippen molar-refractivity contribution in [3.05, 3.63) is 78.6 Å². The van der Waals surface area contributed by atoms with Crippen LogP contribution in [-0.4, -0.2) is 54.2 Å². The van der Waals surface area contributed by atoms with E-state index in [0.29, 0.717) is 60.2 Å². The number of nitrogens with one attached hydrogen (secondary N) is 1. The zero-order valence-electron chi connectivity index (χ0n) is 23.7. The van der Waals surface area contributed by atoms with Gasteiger partial charge in [-0.2, -0.15) is 13.2 Å². The molecule has 0 spiro atoms. The molecule has 1 aromatic heterocycles. The summed E-state index contributed by atoms with van der Waals surface area (Å²) < 4.78 is 86.3. The van der Waals surface area contributed by atoms with Gasteiger partial charge in [-0.3, -0.25) is 4.79 Å². The van der Waals surface area contributed by atoms with Gasteiger partial charge in [-0.05, 0) is 42.0 Å². The molecule has 0 atom stereocenters. The molecule has 3 aromatic carbocycles. The fraction of sp³-hybridized carbons (Fsp3) is 0.258. The topological polar surface area (TPSA) is 85.8 Å². The molecule has 0 saturated carbocycles. The van der Waals surface area contributed by atoms with E-state index in [1.165, 1.54) is 44.8 Å². The molecule has 0 bridgehead atoms. The van der Waals surface area contributed by atoms with Gasteiger partial charge in [0, 0.05) is 42.9 Å². The van der Waals surface area contributed by atoms with Crippen molar-refractivity contribution in [2.45, 2.75) is 25.1 Å². The lowest BCUT2D eigenvalue weighted by molar-refractivity contribution is -0.142. The Bertz CT molecular complexity index is 1720. The first kappa shape index (κ1) is 30.5. The first-order valence-electron chi connectivity index (χ1n) is 13.5. The Hall–Kier alpha value is -4.94. The van der Waals surface area contributed by atoms with Gasteiger partial charge in [0.25, 0.3) is 0 Å². The van der Waals surface area contributed by atoms with Crippen molar-refractivity contribution in [1.29, 1.82) is 0 Å². The summed E-state index contributed by atoms with van der Waals surface area (Å²) in [6, 6.07) is 9.08. The molecule has 4 aromatic rings. The predicted molar refractivity (Wildman–Crippen MR) is 153 cm³/mol. The number of ether oxygens (including phenoxy) is 3. The van der Waals surface area contributed by atoms with Gasteiger partial charge in [0.15, 0.2) is 11.5 Å². The molecule has 0 aliphatic carbocycles. The highest BCUT2D eigenvalue weighted by Crippen LogP contribution is 2.41. The Morgan fingerprint density at radius 2 is 1.73 bits per heavy atom. The summed E-state index contributed by atoms with van der Waals surface area (Å²) in [5.74, 6) is -2.15. The third-order valence-corrected chi connectivity index (χ3v) is 7.28. The largest absolute Gasteiger partial charge is 0.495 e. The molecule has 2 heterocycles. The molecule has 1 amide bonds. The summed E-state index contributed by atoms with van der Waals surface area (Å²) in [7, 11) is 2.89. The Balaban J connectivity index is 1.49. The van der Waals surface area contributed by atoms with E-state index in [-0.39, 0.29) is 29.0 Å². The number of aromatic nitrogens is 2. The number of hydrogen-bond acceptors (Lipinski definition) is 7. The lowest BCUT2D eigenvalue weighted by Gasteiger charge is -2.31. The van der Waals surface area contributed by atoms with Crippen LogP contribution in [0.1, 0.15) is 18.4 Å². The zero-order valence-corrected chi connectivity index (χ0v) is 23.7. The number of likely N-dealkylation sites (tertiary alicyclic amines) is 1. The van der Waals surface area contributed by atoms with Crippen LogP contribution in [0.15, 0.2) is 61.4 Å². The minimum atomic E-state index is -5.22.